The van der Waals surface area contributed by atoms with Crippen LogP contribution in [0.3, 0.4) is 0 Å². The van der Waals surface area contributed by atoms with Gasteiger partial charge in [-0.05, 0) is 31.5 Å². The number of halogens is 1. The average molecular weight is 252 g/mol. The number of hydrogen-bond donors (Lipinski definition) is 2. The van der Waals surface area contributed by atoms with Crippen molar-refractivity contribution in [2.24, 2.45) is 0 Å². The third-order valence-electron chi connectivity index (χ3n) is 3.14. The van der Waals surface area contributed by atoms with Crippen molar-refractivity contribution in [1.82, 2.24) is 5.32 Å². The van der Waals surface area contributed by atoms with Crippen LogP contribution in [-0.4, -0.2) is 36.2 Å². The Labute approximate surface area is 105 Å². The van der Waals surface area contributed by atoms with E-state index >= 15 is 0 Å². The van der Waals surface area contributed by atoms with Crippen LogP contribution in [0.25, 0.3) is 0 Å². The second-order valence-electron chi connectivity index (χ2n) is 4.56. The molecule has 1 amide bonds. The molecular formula is C13H17FN2O2. The van der Waals surface area contributed by atoms with Crippen molar-refractivity contribution in [3.63, 3.8) is 0 Å². The summed E-state index contributed by atoms with van der Waals surface area (Å²) >= 11 is 0. The smallest absolute Gasteiger partial charge is 0.246 e. The maximum atomic E-state index is 13.2. The molecule has 98 valence electrons. The summed E-state index contributed by atoms with van der Waals surface area (Å²) in [6, 6.07) is 5.48. The molecule has 2 N–H and O–H groups in total. The molecule has 1 saturated heterocycles. The molecule has 0 aromatic heterocycles. The lowest BCUT2D eigenvalue weighted by Gasteiger charge is -2.23. The number of nitrogens with zero attached hydrogens (tertiary/aromatic N) is 1. The molecule has 2 atom stereocenters. The van der Waals surface area contributed by atoms with E-state index in [4.69, 9.17) is 0 Å². The molecule has 1 fully saturated rings. The zero-order valence-electron chi connectivity index (χ0n) is 10.3. The summed E-state index contributed by atoms with van der Waals surface area (Å²) in [5, 5.41) is 12.3. The SMILES string of the molecule is CC1CCN(c2cccc(F)c2)C(=O)C(CO)N1. The molecule has 0 bridgehead atoms. The molecule has 18 heavy (non-hydrogen) atoms. The molecule has 0 radical (unpaired) electrons. The lowest BCUT2D eigenvalue weighted by Crippen LogP contribution is -2.47. The number of amides is 1. The first-order chi connectivity index (χ1) is 8.61. The Morgan fingerprint density at radius 2 is 2.33 bits per heavy atom. The third-order valence-corrected chi connectivity index (χ3v) is 3.14. The van der Waals surface area contributed by atoms with Gasteiger partial charge in [0.2, 0.25) is 5.91 Å². The van der Waals surface area contributed by atoms with Gasteiger partial charge < -0.3 is 15.3 Å². The second kappa shape index (κ2) is 5.46. The van der Waals surface area contributed by atoms with E-state index in [9.17, 15) is 14.3 Å². The summed E-state index contributed by atoms with van der Waals surface area (Å²) < 4.78 is 13.2. The molecule has 2 unspecified atom stereocenters. The first-order valence-corrected chi connectivity index (χ1v) is 6.05. The minimum Gasteiger partial charge on any atom is -0.394 e. The number of aliphatic hydroxyl groups excluding tert-OH is 1. The van der Waals surface area contributed by atoms with Crippen LogP contribution in [0.2, 0.25) is 0 Å². The fourth-order valence-corrected chi connectivity index (χ4v) is 2.15. The van der Waals surface area contributed by atoms with Crippen LogP contribution < -0.4 is 10.2 Å². The zero-order chi connectivity index (χ0) is 13.1. The molecule has 0 saturated carbocycles. The van der Waals surface area contributed by atoms with Gasteiger partial charge in [0.25, 0.3) is 0 Å². The first-order valence-electron chi connectivity index (χ1n) is 6.05. The number of nitrogens with one attached hydrogen (secondary N) is 1. The topological polar surface area (TPSA) is 52.6 Å². The molecular weight excluding hydrogens is 235 g/mol. The predicted molar refractivity (Wildman–Crippen MR) is 66.8 cm³/mol. The highest BCUT2D eigenvalue weighted by molar-refractivity contribution is 5.97. The maximum Gasteiger partial charge on any atom is 0.246 e. The van der Waals surface area contributed by atoms with Crippen LogP contribution in [0.5, 0.6) is 0 Å². The highest BCUT2D eigenvalue weighted by Crippen LogP contribution is 2.19. The predicted octanol–water partition coefficient (Wildman–Crippen LogP) is 0.901. The Bertz CT molecular complexity index is 439. The number of aliphatic hydroxyl groups is 1. The van der Waals surface area contributed by atoms with E-state index in [2.05, 4.69) is 5.32 Å². The lowest BCUT2D eigenvalue weighted by molar-refractivity contribution is -0.121. The highest BCUT2D eigenvalue weighted by Gasteiger charge is 2.29. The van der Waals surface area contributed by atoms with Crippen LogP contribution in [0, 0.1) is 5.82 Å². The molecule has 1 aromatic carbocycles. The van der Waals surface area contributed by atoms with Gasteiger partial charge in [0.05, 0.1) is 6.61 Å². The standard InChI is InChI=1S/C13H17FN2O2/c1-9-5-6-16(13(18)12(8-17)15-9)11-4-2-3-10(14)7-11/h2-4,7,9,12,15,17H,5-6,8H2,1H3. The summed E-state index contributed by atoms with van der Waals surface area (Å²) in [7, 11) is 0. The van der Waals surface area contributed by atoms with Gasteiger partial charge in [-0.25, -0.2) is 4.39 Å². The van der Waals surface area contributed by atoms with Gasteiger partial charge in [-0.3, -0.25) is 4.79 Å². The Morgan fingerprint density at radius 3 is 3.00 bits per heavy atom. The molecule has 2 rings (SSSR count). The number of carbonyl (C=O) groups excluding carboxylic acids is 1. The zero-order valence-corrected chi connectivity index (χ0v) is 10.3. The van der Waals surface area contributed by atoms with Crippen LogP contribution in [0.15, 0.2) is 24.3 Å². The minimum absolute atomic E-state index is 0.143. The molecule has 1 heterocycles. The highest BCUT2D eigenvalue weighted by atomic mass is 19.1. The second-order valence-corrected chi connectivity index (χ2v) is 4.56. The third kappa shape index (κ3) is 2.68. The summed E-state index contributed by atoms with van der Waals surface area (Å²) in [5.74, 6) is -0.585. The molecule has 0 spiro atoms. The van der Waals surface area contributed by atoms with E-state index in [1.807, 2.05) is 6.92 Å². The number of rotatable bonds is 2. The van der Waals surface area contributed by atoms with Crippen molar-refractivity contribution in [3.8, 4) is 0 Å². The van der Waals surface area contributed by atoms with Crippen molar-refractivity contribution in [1.29, 1.82) is 0 Å². The summed E-state index contributed by atoms with van der Waals surface area (Å²) in [6.45, 7) is 2.23. The first kappa shape index (κ1) is 13.0. The van der Waals surface area contributed by atoms with E-state index < -0.39 is 6.04 Å². The molecule has 0 aliphatic carbocycles. The van der Waals surface area contributed by atoms with Gasteiger partial charge in [-0.1, -0.05) is 6.07 Å². The number of hydrogen-bond acceptors (Lipinski definition) is 3. The van der Waals surface area contributed by atoms with Gasteiger partial charge in [-0.2, -0.15) is 0 Å². The maximum absolute atomic E-state index is 13.2. The van der Waals surface area contributed by atoms with Crippen molar-refractivity contribution in [2.75, 3.05) is 18.1 Å². The van der Waals surface area contributed by atoms with Crippen LogP contribution in [-0.2, 0) is 4.79 Å². The van der Waals surface area contributed by atoms with Crippen LogP contribution >= 0.6 is 0 Å². The monoisotopic (exact) mass is 252 g/mol. The summed E-state index contributed by atoms with van der Waals surface area (Å²) in [4.78, 5) is 13.7. The van der Waals surface area contributed by atoms with E-state index in [0.717, 1.165) is 6.42 Å². The fourth-order valence-electron chi connectivity index (χ4n) is 2.15. The van der Waals surface area contributed by atoms with Gasteiger partial charge in [0.1, 0.15) is 11.9 Å². The Morgan fingerprint density at radius 1 is 1.56 bits per heavy atom. The largest absolute Gasteiger partial charge is 0.394 e. The van der Waals surface area contributed by atoms with Crippen molar-refractivity contribution in [3.05, 3.63) is 30.1 Å². The average Bonchev–Trinajstić information content (AvgIpc) is 2.49. The van der Waals surface area contributed by atoms with Gasteiger partial charge in [-0.15, -0.1) is 0 Å². The van der Waals surface area contributed by atoms with Gasteiger partial charge in [0.15, 0.2) is 0 Å². The Kier molecular flexibility index (Phi) is 3.93. The van der Waals surface area contributed by atoms with Crippen LogP contribution in [0.1, 0.15) is 13.3 Å². The minimum atomic E-state index is -0.620. The molecule has 1 aromatic rings. The van der Waals surface area contributed by atoms with Gasteiger partial charge >= 0.3 is 0 Å². The summed E-state index contributed by atoms with van der Waals surface area (Å²) in [5.41, 5.74) is 0.536. The van der Waals surface area contributed by atoms with E-state index in [1.165, 1.54) is 17.0 Å². The molecule has 1 aliphatic rings. The molecule has 1 aliphatic heterocycles. The van der Waals surface area contributed by atoms with Crippen molar-refractivity contribution >= 4 is 11.6 Å². The number of carbonyl (C=O) groups is 1. The van der Waals surface area contributed by atoms with Gasteiger partial charge in [0, 0.05) is 18.3 Å². The van der Waals surface area contributed by atoms with E-state index in [-0.39, 0.29) is 24.4 Å². The van der Waals surface area contributed by atoms with E-state index in [1.54, 1.807) is 12.1 Å². The fraction of sp³-hybridized carbons (Fsp3) is 0.462. The van der Waals surface area contributed by atoms with Crippen LogP contribution in [0.4, 0.5) is 10.1 Å². The Hall–Kier alpha value is -1.46. The quantitative estimate of drug-likeness (QED) is 0.822. The van der Waals surface area contributed by atoms with E-state index in [0.29, 0.717) is 12.2 Å². The number of benzene rings is 1. The van der Waals surface area contributed by atoms with Crippen molar-refractivity contribution in [2.45, 2.75) is 25.4 Å². The number of anilines is 1. The van der Waals surface area contributed by atoms with Crippen molar-refractivity contribution < 1.29 is 14.3 Å². The lowest BCUT2D eigenvalue weighted by atomic mass is 10.2. The summed E-state index contributed by atoms with van der Waals surface area (Å²) in [6.07, 6.45) is 0.763. The Balaban J connectivity index is 2.28. The normalized spacial score (nSPS) is 25.1. The molecule has 4 nitrogen and oxygen atoms in total. The molecule has 5 heteroatoms.